The number of aromatic nitrogens is 1. The van der Waals surface area contributed by atoms with E-state index in [-0.39, 0.29) is 30.5 Å². The van der Waals surface area contributed by atoms with E-state index in [1.807, 2.05) is 12.1 Å². The third-order valence-corrected chi connectivity index (χ3v) is 6.70. The maximum absolute atomic E-state index is 13.2. The van der Waals surface area contributed by atoms with Gasteiger partial charge in [-0.2, -0.15) is 18.4 Å². The molecule has 1 amide bonds. The fourth-order valence-electron chi connectivity index (χ4n) is 4.62. The van der Waals surface area contributed by atoms with Crippen LogP contribution in [0.4, 0.5) is 24.5 Å². The fraction of sp³-hybridized carbons (Fsp3) is 0.480. The standard InChI is InChI=1S/C25H26F3N5O5/c26-25(27,28)22-13-21(7-8-23(22)33(35)36)38-20-5-3-19(4-6-20)37-16-24(34)32-11-9-31(10-12-32)18-2-1-17(14-29)30-15-18/h1-2,7-8,13,15,19-20H,3-6,9-12,16H2/t19-,20-. The smallest absolute Gasteiger partial charge is 0.423 e. The van der Waals surface area contributed by atoms with E-state index < -0.39 is 22.4 Å². The van der Waals surface area contributed by atoms with Crippen molar-refractivity contribution in [2.45, 2.75) is 44.1 Å². The predicted octanol–water partition coefficient (Wildman–Crippen LogP) is 3.94. The Morgan fingerprint density at radius 1 is 1.11 bits per heavy atom. The van der Waals surface area contributed by atoms with Crippen LogP contribution in [0.1, 0.15) is 36.9 Å². The summed E-state index contributed by atoms with van der Waals surface area (Å²) in [6.45, 7) is 2.31. The number of nitro groups is 1. The summed E-state index contributed by atoms with van der Waals surface area (Å²) in [5.41, 5.74) is -1.11. The van der Waals surface area contributed by atoms with Crippen LogP contribution in [0.15, 0.2) is 36.5 Å². The minimum atomic E-state index is -4.87. The molecule has 1 saturated heterocycles. The predicted molar refractivity (Wildman–Crippen MR) is 128 cm³/mol. The third kappa shape index (κ3) is 6.69. The number of carbonyl (C=O) groups excluding carboxylic acids is 1. The van der Waals surface area contributed by atoms with Crippen molar-refractivity contribution in [3.05, 3.63) is 57.9 Å². The summed E-state index contributed by atoms with van der Waals surface area (Å²) in [7, 11) is 0. The van der Waals surface area contributed by atoms with E-state index >= 15 is 0 Å². The second-order valence-corrected chi connectivity index (χ2v) is 9.14. The Kier molecular flexibility index (Phi) is 8.31. The van der Waals surface area contributed by atoms with Gasteiger partial charge in [-0.05, 0) is 49.9 Å². The Balaban J connectivity index is 1.20. The number of hydrogen-bond donors (Lipinski definition) is 0. The highest BCUT2D eigenvalue weighted by Crippen LogP contribution is 2.38. The number of amides is 1. The summed E-state index contributed by atoms with van der Waals surface area (Å²) < 4.78 is 51.1. The van der Waals surface area contributed by atoms with Gasteiger partial charge in [-0.1, -0.05) is 0 Å². The Labute approximate surface area is 216 Å². The van der Waals surface area contributed by atoms with Gasteiger partial charge in [0.15, 0.2) is 0 Å². The highest BCUT2D eigenvalue weighted by molar-refractivity contribution is 5.77. The average Bonchev–Trinajstić information content (AvgIpc) is 2.92. The maximum atomic E-state index is 13.2. The molecule has 10 nitrogen and oxygen atoms in total. The van der Waals surface area contributed by atoms with Crippen LogP contribution in [0, 0.1) is 21.4 Å². The van der Waals surface area contributed by atoms with Crippen molar-refractivity contribution in [2.75, 3.05) is 37.7 Å². The molecule has 2 aliphatic rings. The summed E-state index contributed by atoms with van der Waals surface area (Å²) in [4.78, 5) is 30.4. The first kappa shape index (κ1) is 27.1. The van der Waals surface area contributed by atoms with Crippen LogP contribution < -0.4 is 9.64 Å². The molecule has 1 aromatic carbocycles. The normalized spacial score (nSPS) is 20.1. The molecule has 2 fully saturated rings. The first-order valence-electron chi connectivity index (χ1n) is 12.2. The van der Waals surface area contributed by atoms with E-state index in [0.717, 1.165) is 11.8 Å². The number of alkyl halides is 3. The van der Waals surface area contributed by atoms with E-state index in [1.165, 1.54) is 6.07 Å². The summed E-state index contributed by atoms with van der Waals surface area (Å²) in [5.74, 6) is -0.176. The number of rotatable bonds is 7. The maximum Gasteiger partial charge on any atom is 0.423 e. The van der Waals surface area contributed by atoms with E-state index in [2.05, 4.69) is 9.88 Å². The van der Waals surface area contributed by atoms with Crippen molar-refractivity contribution in [2.24, 2.45) is 0 Å². The molecule has 202 valence electrons. The Morgan fingerprint density at radius 3 is 2.37 bits per heavy atom. The molecule has 0 radical (unpaired) electrons. The largest absolute Gasteiger partial charge is 0.490 e. The van der Waals surface area contributed by atoms with E-state index in [0.29, 0.717) is 63.6 Å². The SMILES string of the molecule is N#Cc1ccc(N2CCN(C(=O)CO[C@H]3CC[C@H](Oc4ccc([N+](=O)[O-])c(C(F)(F)F)c4)CC3)CC2)cn1. The molecule has 0 unspecified atom stereocenters. The zero-order chi connectivity index (χ0) is 27.3. The van der Waals surface area contributed by atoms with Gasteiger partial charge in [0.1, 0.15) is 29.7 Å². The number of pyridine rings is 1. The summed E-state index contributed by atoms with van der Waals surface area (Å²) >= 11 is 0. The molecule has 0 bridgehead atoms. The number of hydrogen-bond acceptors (Lipinski definition) is 8. The molecule has 38 heavy (non-hydrogen) atoms. The average molecular weight is 534 g/mol. The van der Waals surface area contributed by atoms with Crippen LogP contribution in [-0.4, -0.2) is 65.7 Å². The number of piperazine rings is 1. The topological polar surface area (TPSA) is 122 Å². The molecule has 0 spiro atoms. The molecule has 13 heteroatoms. The van der Waals surface area contributed by atoms with Crippen LogP contribution in [0.25, 0.3) is 0 Å². The van der Waals surface area contributed by atoms with Crippen molar-refractivity contribution < 1.29 is 32.4 Å². The highest BCUT2D eigenvalue weighted by atomic mass is 19.4. The van der Waals surface area contributed by atoms with Crippen molar-refractivity contribution in [3.63, 3.8) is 0 Å². The van der Waals surface area contributed by atoms with Gasteiger partial charge in [0.05, 0.1) is 29.0 Å². The Morgan fingerprint density at radius 2 is 1.79 bits per heavy atom. The van der Waals surface area contributed by atoms with Crippen LogP contribution in [0.2, 0.25) is 0 Å². The number of nitro benzene ring substituents is 1. The molecule has 1 saturated carbocycles. The molecule has 4 rings (SSSR count). The summed E-state index contributed by atoms with van der Waals surface area (Å²) in [6, 6.07) is 8.12. The van der Waals surface area contributed by atoms with Crippen LogP contribution in [-0.2, 0) is 15.7 Å². The molecule has 1 aliphatic heterocycles. The quantitative estimate of drug-likeness (QED) is 0.388. The lowest BCUT2D eigenvalue weighted by atomic mass is 9.95. The second-order valence-electron chi connectivity index (χ2n) is 9.14. The van der Waals surface area contributed by atoms with Gasteiger partial charge in [-0.15, -0.1) is 0 Å². The molecular weight excluding hydrogens is 507 g/mol. The first-order valence-corrected chi connectivity index (χ1v) is 12.2. The van der Waals surface area contributed by atoms with Crippen LogP contribution in [0.3, 0.4) is 0 Å². The second kappa shape index (κ2) is 11.6. The fourth-order valence-corrected chi connectivity index (χ4v) is 4.62. The number of anilines is 1. The van der Waals surface area contributed by atoms with E-state index in [4.69, 9.17) is 14.7 Å². The van der Waals surface area contributed by atoms with Gasteiger partial charge in [0.25, 0.3) is 5.69 Å². The van der Waals surface area contributed by atoms with Crippen molar-refractivity contribution >= 4 is 17.3 Å². The van der Waals surface area contributed by atoms with Crippen LogP contribution in [0.5, 0.6) is 5.75 Å². The highest BCUT2D eigenvalue weighted by Gasteiger charge is 2.39. The molecule has 1 aliphatic carbocycles. The minimum Gasteiger partial charge on any atom is -0.490 e. The van der Waals surface area contributed by atoms with Gasteiger partial charge < -0.3 is 19.3 Å². The first-order chi connectivity index (χ1) is 18.1. The monoisotopic (exact) mass is 533 g/mol. The number of ether oxygens (including phenoxy) is 2. The zero-order valence-electron chi connectivity index (χ0n) is 20.4. The molecule has 2 aromatic rings. The van der Waals surface area contributed by atoms with Gasteiger partial charge in [-0.3, -0.25) is 14.9 Å². The van der Waals surface area contributed by atoms with Gasteiger partial charge in [0, 0.05) is 32.2 Å². The summed E-state index contributed by atoms with van der Waals surface area (Å²) in [6.07, 6.45) is -1.52. The van der Waals surface area contributed by atoms with E-state index in [9.17, 15) is 28.1 Å². The molecule has 0 N–H and O–H groups in total. The molecule has 0 atom stereocenters. The van der Waals surface area contributed by atoms with Crippen molar-refractivity contribution in [1.82, 2.24) is 9.88 Å². The number of halogens is 3. The van der Waals surface area contributed by atoms with Gasteiger partial charge in [-0.25, -0.2) is 4.98 Å². The lowest BCUT2D eigenvalue weighted by molar-refractivity contribution is -0.388. The third-order valence-electron chi connectivity index (χ3n) is 6.70. The number of nitriles is 1. The Hall–Kier alpha value is -3.92. The Bertz CT molecular complexity index is 1190. The number of benzene rings is 1. The van der Waals surface area contributed by atoms with E-state index in [1.54, 1.807) is 17.2 Å². The zero-order valence-corrected chi connectivity index (χ0v) is 20.4. The number of carbonyl (C=O) groups is 1. The van der Waals surface area contributed by atoms with Crippen molar-refractivity contribution in [3.8, 4) is 11.8 Å². The van der Waals surface area contributed by atoms with Gasteiger partial charge in [0.2, 0.25) is 5.91 Å². The minimum absolute atomic E-state index is 0.0497. The van der Waals surface area contributed by atoms with Crippen molar-refractivity contribution in [1.29, 1.82) is 5.26 Å². The lowest BCUT2D eigenvalue weighted by Gasteiger charge is -2.36. The van der Waals surface area contributed by atoms with Gasteiger partial charge >= 0.3 is 6.18 Å². The lowest BCUT2D eigenvalue weighted by Crippen LogP contribution is -2.50. The van der Waals surface area contributed by atoms with Crippen LogP contribution >= 0.6 is 0 Å². The molecule has 1 aromatic heterocycles. The number of nitrogens with zero attached hydrogens (tertiary/aromatic N) is 5. The molecule has 2 heterocycles. The summed E-state index contributed by atoms with van der Waals surface area (Å²) in [5, 5.41) is 19.8. The molecular formula is C25H26F3N5O5.